The molecule has 1 heterocycles. The number of amides is 1. The number of nitrogens with zero attached hydrogens (tertiary/aromatic N) is 1. The van der Waals surface area contributed by atoms with E-state index in [4.69, 9.17) is 4.74 Å². The lowest BCUT2D eigenvalue weighted by atomic mass is 9.77. The first-order chi connectivity index (χ1) is 22.1. The molecule has 0 aromatic heterocycles. The van der Waals surface area contributed by atoms with E-state index in [1.165, 1.54) is 12.7 Å². The van der Waals surface area contributed by atoms with Crippen LogP contribution in [-0.2, 0) is 19.7 Å². The number of Topliss-reactive ketones (excluding diaryl/α,β-unsaturated/α-hetero) is 1. The van der Waals surface area contributed by atoms with Crippen molar-refractivity contribution in [1.29, 1.82) is 0 Å². The van der Waals surface area contributed by atoms with Crippen LogP contribution in [0, 0.1) is 0 Å². The van der Waals surface area contributed by atoms with Gasteiger partial charge in [0, 0.05) is 23.8 Å². The molecular weight excluding hydrogens is 572 g/mol. The second-order valence-electron chi connectivity index (χ2n) is 12.9. The normalized spacial score (nSPS) is 18.0. The van der Waals surface area contributed by atoms with E-state index in [0.29, 0.717) is 29.7 Å². The Bertz CT molecular complexity index is 1830. The molecule has 2 aliphatic rings. The van der Waals surface area contributed by atoms with E-state index < -0.39 is 12.0 Å². The highest BCUT2D eigenvalue weighted by Gasteiger charge is 2.41. The van der Waals surface area contributed by atoms with Crippen LogP contribution in [0.1, 0.15) is 78.2 Å². The molecule has 6 rings (SSSR count). The average Bonchev–Trinajstić information content (AvgIpc) is 3.22. The van der Waals surface area contributed by atoms with Crippen molar-refractivity contribution in [2.24, 2.45) is 0 Å². The van der Waals surface area contributed by atoms with Gasteiger partial charge in [0.05, 0.1) is 30.1 Å². The number of benzene rings is 4. The monoisotopic (exact) mass is 610 g/mol. The van der Waals surface area contributed by atoms with Crippen LogP contribution in [-0.4, -0.2) is 24.8 Å². The Kier molecular flexibility index (Phi) is 8.46. The van der Waals surface area contributed by atoms with E-state index in [1.54, 1.807) is 41.3 Å². The number of hydrogen-bond acceptors (Lipinski definition) is 5. The van der Waals surface area contributed by atoms with Crippen LogP contribution in [0.15, 0.2) is 120 Å². The highest BCUT2D eigenvalue weighted by atomic mass is 16.5. The number of nitrogens with one attached hydrogen (secondary N) is 1. The van der Waals surface area contributed by atoms with Crippen molar-refractivity contribution >= 4 is 35.1 Å². The van der Waals surface area contributed by atoms with Gasteiger partial charge in [-0.25, -0.2) is 4.79 Å². The number of carbonyl (C=O) groups is 3. The number of para-hydroxylation sites is 2. The van der Waals surface area contributed by atoms with Crippen molar-refractivity contribution in [2.75, 3.05) is 17.3 Å². The van der Waals surface area contributed by atoms with E-state index in [9.17, 15) is 14.4 Å². The number of ketones is 1. The summed E-state index contributed by atoms with van der Waals surface area (Å²) in [6.07, 6.45) is 4.28. The van der Waals surface area contributed by atoms with Gasteiger partial charge in [-0.15, -0.1) is 0 Å². The molecule has 46 heavy (non-hydrogen) atoms. The summed E-state index contributed by atoms with van der Waals surface area (Å²) < 4.78 is 4.92. The Morgan fingerprint density at radius 1 is 0.826 bits per heavy atom. The van der Waals surface area contributed by atoms with Crippen LogP contribution in [0.4, 0.5) is 11.4 Å². The predicted molar refractivity (Wildman–Crippen MR) is 183 cm³/mol. The largest absolute Gasteiger partial charge is 0.465 e. The van der Waals surface area contributed by atoms with Gasteiger partial charge < -0.3 is 10.1 Å². The third-order valence-electron chi connectivity index (χ3n) is 8.84. The molecule has 0 bridgehead atoms. The Balaban J connectivity index is 1.48. The molecule has 1 amide bonds. The molecule has 2 atom stereocenters. The summed E-state index contributed by atoms with van der Waals surface area (Å²) in [5, 5.41) is 3.59. The zero-order valence-corrected chi connectivity index (χ0v) is 26.6. The first-order valence-corrected chi connectivity index (χ1v) is 15.6. The minimum atomic E-state index is -0.720. The Hall–Kier alpha value is -5.23. The molecule has 1 aliphatic carbocycles. The average molecular weight is 611 g/mol. The maximum absolute atomic E-state index is 14.4. The van der Waals surface area contributed by atoms with Crippen LogP contribution >= 0.6 is 0 Å². The van der Waals surface area contributed by atoms with Crippen molar-refractivity contribution in [3.8, 4) is 0 Å². The summed E-state index contributed by atoms with van der Waals surface area (Å²) >= 11 is 0. The zero-order chi connectivity index (χ0) is 32.4. The molecule has 0 fully saturated rings. The van der Waals surface area contributed by atoms with E-state index >= 15 is 0 Å². The van der Waals surface area contributed by atoms with Crippen LogP contribution in [0.3, 0.4) is 0 Å². The number of rotatable bonds is 5. The molecule has 0 spiro atoms. The van der Waals surface area contributed by atoms with E-state index in [1.807, 2.05) is 54.6 Å². The van der Waals surface area contributed by atoms with E-state index in [2.05, 4.69) is 50.4 Å². The predicted octanol–water partition coefficient (Wildman–Crippen LogP) is 8.38. The van der Waals surface area contributed by atoms with Crippen LogP contribution in [0.5, 0.6) is 0 Å². The first kappa shape index (κ1) is 30.8. The number of methoxy groups -OCH3 is 1. The van der Waals surface area contributed by atoms with Crippen LogP contribution in [0.2, 0.25) is 0 Å². The lowest BCUT2D eigenvalue weighted by molar-refractivity contribution is -0.116. The third kappa shape index (κ3) is 6.16. The minimum Gasteiger partial charge on any atom is -0.465 e. The van der Waals surface area contributed by atoms with Crippen molar-refractivity contribution in [3.63, 3.8) is 0 Å². The number of anilines is 2. The number of fused-ring (bicyclic) bond motifs is 1. The SMILES string of the molecule is COC(=O)c1ccc([C@H]2C3=C(C[C@H](c4ccc(C(C)(C)C)cc4)CC3=O)Nc3ccccc3N2C(=O)/C=C/c2ccccc2)cc1. The van der Waals surface area contributed by atoms with Crippen molar-refractivity contribution < 1.29 is 19.1 Å². The lowest BCUT2D eigenvalue weighted by Gasteiger charge is -2.34. The van der Waals surface area contributed by atoms with Crippen molar-refractivity contribution in [3.05, 3.63) is 148 Å². The Morgan fingerprint density at radius 2 is 1.48 bits per heavy atom. The number of esters is 1. The lowest BCUT2D eigenvalue weighted by Crippen LogP contribution is -2.37. The molecule has 0 radical (unpaired) electrons. The maximum Gasteiger partial charge on any atom is 0.337 e. The van der Waals surface area contributed by atoms with Crippen molar-refractivity contribution in [2.45, 2.75) is 51.0 Å². The van der Waals surface area contributed by atoms with Gasteiger partial charge in [-0.3, -0.25) is 14.5 Å². The molecule has 4 aromatic rings. The fourth-order valence-corrected chi connectivity index (χ4v) is 6.37. The van der Waals surface area contributed by atoms with E-state index in [-0.39, 0.29) is 23.0 Å². The molecule has 4 aromatic carbocycles. The second kappa shape index (κ2) is 12.6. The number of allylic oxidation sites excluding steroid dienone is 1. The van der Waals surface area contributed by atoms with Gasteiger partial charge in [0.2, 0.25) is 0 Å². The standard InChI is InChI=1S/C40H38N2O4/c1-40(2,3)31-21-19-27(20-22-31)30-24-33-37(35(43)25-30)38(28-15-17-29(18-16-28)39(45)46-4)42(34-13-9-8-12-32(34)41-33)36(44)23-14-26-10-6-5-7-11-26/h5-23,30,38,41H,24-25H2,1-4H3/b23-14+/t30-,38-/m0/s1. The quantitative estimate of drug-likeness (QED) is 0.181. The highest BCUT2D eigenvalue weighted by molar-refractivity contribution is 6.10. The Labute approximate surface area is 270 Å². The zero-order valence-electron chi connectivity index (χ0n) is 26.6. The summed E-state index contributed by atoms with van der Waals surface area (Å²) in [5.74, 6) is -0.741. The highest BCUT2D eigenvalue weighted by Crippen LogP contribution is 2.47. The van der Waals surface area contributed by atoms with Gasteiger partial charge in [-0.2, -0.15) is 0 Å². The van der Waals surface area contributed by atoms with Gasteiger partial charge >= 0.3 is 5.97 Å². The van der Waals surface area contributed by atoms with Gasteiger partial charge in [0.25, 0.3) is 5.91 Å². The topological polar surface area (TPSA) is 75.7 Å². The molecule has 0 unspecified atom stereocenters. The minimum absolute atomic E-state index is 0.0116. The molecule has 6 heteroatoms. The number of carbonyl (C=O) groups excluding carboxylic acids is 3. The third-order valence-corrected chi connectivity index (χ3v) is 8.84. The molecule has 6 nitrogen and oxygen atoms in total. The van der Waals surface area contributed by atoms with Crippen LogP contribution < -0.4 is 10.2 Å². The molecule has 232 valence electrons. The van der Waals surface area contributed by atoms with Crippen LogP contribution in [0.25, 0.3) is 6.08 Å². The molecule has 0 saturated carbocycles. The second-order valence-corrected chi connectivity index (χ2v) is 12.9. The first-order valence-electron chi connectivity index (χ1n) is 15.6. The van der Waals surface area contributed by atoms with Gasteiger partial charge in [0.15, 0.2) is 5.78 Å². The number of ether oxygens (including phenoxy) is 1. The summed E-state index contributed by atoms with van der Waals surface area (Å²) in [6, 6.07) is 32.2. The van der Waals surface area contributed by atoms with E-state index in [0.717, 1.165) is 28.1 Å². The molecular formula is C40H38N2O4. The summed E-state index contributed by atoms with van der Waals surface area (Å²) in [7, 11) is 1.34. The van der Waals surface area contributed by atoms with Gasteiger partial charge in [0.1, 0.15) is 0 Å². The molecule has 1 aliphatic heterocycles. The smallest absolute Gasteiger partial charge is 0.337 e. The molecule has 0 saturated heterocycles. The Morgan fingerprint density at radius 3 is 2.15 bits per heavy atom. The van der Waals surface area contributed by atoms with Gasteiger partial charge in [-0.05, 0) is 70.3 Å². The summed E-state index contributed by atoms with van der Waals surface area (Å²) in [5.41, 5.74) is 7.18. The van der Waals surface area contributed by atoms with Gasteiger partial charge in [-0.1, -0.05) is 99.6 Å². The summed E-state index contributed by atoms with van der Waals surface area (Å²) in [6.45, 7) is 6.57. The fourth-order valence-electron chi connectivity index (χ4n) is 6.37. The maximum atomic E-state index is 14.4. The number of hydrogen-bond donors (Lipinski definition) is 1. The van der Waals surface area contributed by atoms with Crippen molar-refractivity contribution in [1.82, 2.24) is 0 Å². The fraction of sp³-hybridized carbons (Fsp3) is 0.225. The molecule has 1 N–H and O–H groups in total. The summed E-state index contributed by atoms with van der Waals surface area (Å²) in [4.78, 5) is 42.6.